The standard InChI is InChI=1S/C15H18N2O3/c1-11(2)9-17-14(15(18)19)13(8-16-17)20-10-12-6-4-3-5-7-12/h3-8,11H,9-10H2,1-2H3,(H,18,19). The van der Waals surface area contributed by atoms with Crippen molar-refractivity contribution in [1.29, 1.82) is 0 Å². The number of aromatic carboxylic acids is 1. The molecular formula is C15H18N2O3. The van der Waals surface area contributed by atoms with Crippen molar-refractivity contribution in [2.75, 3.05) is 0 Å². The van der Waals surface area contributed by atoms with Gasteiger partial charge in [0, 0.05) is 6.54 Å². The molecule has 0 spiro atoms. The van der Waals surface area contributed by atoms with Crippen molar-refractivity contribution in [2.45, 2.75) is 27.0 Å². The predicted octanol–water partition coefficient (Wildman–Crippen LogP) is 2.82. The van der Waals surface area contributed by atoms with Gasteiger partial charge in [0.15, 0.2) is 11.4 Å². The highest BCUT2D eigenvalue weighted by Gasteiger charge is 2.19. The van der Waals surface area contributed by atoms with Gasteiger partial charge in [-0.05, 0) is 11.5 Å². The molecule has 0 aliphatic carbocycles. The SMILES string of the molecule is CC(C)Cn1ncc(OCc2ccccc2)c1C(=O)O. The van der Waals surface area contributed by atoms with E-state index in [2.05, 4.69) is 5.10 Å². The Bertz CT molecular complexity index is 576. The molecule has 1 aromatic heterocycles. The van der Waals surface area contributed by atoms with Crippen LogP contribution in [0.4, 0.5) is 0 Å². The van der Waals surface area contributed by atoms with E-state index in [0.717, 1.165) is 5.56 Å². The molecule has 0 aliphatic heterocycles. The lowest BCUT2D eigenvalue weighted by Crippen LogP contribution is -2.14. The van der Waals surface area contributed by atoms with Gasteiger partial charge in [-0.2, -0.15) is 5.10 Å². The van der Waals surface area contributed by atoms with Gasteiger partial charge in [-0.25, -0.2) is 4.79 Å². The monoisotopic (exact) mass is 274 g/mol. The fourth-order valence-corrected chi connectivity index (χ4v) is 1.91. The van der Waals surface area contributed by atoms with Crippen molar-refractivity contribution >= 4 is 5.97 Å². The molecule has 0 atom stereocenters. The van der Waals surface area contributed by atoms with Crippen LogP contribution >= 0.6 is 0 Å². The first-order chi connectivity index (χ1) is 9.58. The zero-order valence-corrected chi connectivity index (χ0v) is 11.6. The van der Waals surface area contributed by atoms with Gasteiger partial charge >= 0.3 is 5.97 Å². The van der Waals surface area contributed by atoms with Crippen molar-refractivity contribution in [3.05, 3.63) is 47.8 Å². The Morgan fingerprint density at radius 3 is 2.65 bits per heavy atom. The summed E-state index contributed by atoms with van der Waals surface area (Å²) in [6, 6.07) is 9.61. The average Bonchev–Trinajstić information content (AvgIpc) is 2.79. The summed E-state index contributed by atoms with van der Waals surface area (Å²) < 4.78 is 7.06. The number of nitrogens with zero attached hydrogens (tertiary/aromatic N) is 2. The summed E-state index contributed by atoms with van der Waals surface area (Å²) in [4.78, 5) is 11.4. The maximum Gasteiger partial charge on any atom is 0.358 e. The normalized spacial score (nSPS) is 10.8. The van der Waals surface area contributed by atoms with E-state index in [1.807, 2.05) is 44.2 Å². The summed E-state index contributed by atoms with van der Waals surface area (Å²) in [6.45, 7) is 4.90. The largest absolute Gasteiger partial charge is 0.485 e. The number of carboxylic acid groups (broad SMARTS) is 1. The molecule has 5 heteroatoms. The second-order valence-corrected chi connectivity index (χ2v) is 5.01. The summed E-state index contributed by atoms with van der Waals surface area (Å²) in [6.07, 6.45) is 1.47. The summed E-state index contributed by atoms with van der Waals surface area (Å²) in [5, 5.41) is 13.4. The summed E-state index contributed by atoms with van der Waals surface area (Å²) in [7, 11) is 0. The first-order valence-electron chi connectivity index (χ1n) is 6.53. The van der Waals surface area contributed by atoms with Gasteiger partial charge in [0.05, 0.1) is 6.20 Å². The molecule has 2 aromatic rings. The van der Waals surface area contributed by atoms with Crippen LogP contribution in [-0.2, 0) is 13.2 Å². The number of aromatic nitrogens is 2. The van der Waals surface area contributed by atoms with Crippen LogP contribution in [0.5, 0.6) is 5.75 Å². The first kappa shape index (κ1) is 14.1. The summed E-state index contributed by atoms with van der Waals surface area (Å²) in [5.74, 6) is -0.400. The third-order valence-corrected chi connectivity index (χ3v) is 2.78. The second-order valence-electron chi connectivity index (χ2n) is 5.01. The number of hydrogen-bond acceptors (Lipinski definition) is 3. The number of rotatable bonds is 6. The molecule has 0 bridgehead atoms. The van der Waals surface area contributed by atoms with Crippen LogP contribution in [0.1, 0.15) is 29.9 Å². The lowest BCUT2D eigenvalue weighted by atomic mass is 10.2. The molecule has 0 aliphatic rings. The topological polar surface area (TPSA) is 64.4 Å². The minimum atomic E-state index is -1.02. The number of hydrogen-bond donors (Lipinski definition) is 1. The van der Waals surface area contributed by atoms with Crippen LogP contribution in [0.15, 0.2) is 36.5 Å². The lowest BCUT2D eigenvalue weighted by molar-refractivity contribution is 0.0676. The lowest BCUT2D eigenvalue weighted by Gasteiger charge is -2.09. The van der Waals surface area contributed by atoms with Crippen molar-refractivity contribution in [2.24, 2.45) is 5.92 Å². The van der Waals surface area contributed by atoms with Crippen LogP contribution < -0.4 is 4.74 Å². The molecule has 1 heterocycles. The molecule has 0 unspecified atom stereocenters. The van der Waals surface area contributed by atoms with E-state index in [9.17, 15) is 9.90 Å². The number of benzene rings is 1. The highest BCUT2D eigenvalue weighted by atomic mass is 16.5. The Morgan fingerprint density at radius 1 is 1.35 bits per heavy atom. The molecule has 0 amide bonds. The Morgan fingerprint density at radius 2 is 2.05 bits per heavy atom. The van der Waals surface area contributed by atoms with E-state index >= 15 is 0 Å². The van der Waals surface area contributed by atoms with Crippen LogP contribution in [0.2, 0.25) is 0 Å². The second kappa shape index (κ2) is 6.23. The minimum Gasteiger partial charge on any atom is -0.485 e. The maximum atomic E-state index is 11.4. The summed E-state index contributed by atoms with van der Waals surface area (Å²) >= 11 is 0. The fourth-order valence-electron chi connectivity index (χ4n) is 1.91. The van der Waals surface area contributed by atoms with Gasteiger partial charge in [-0.15, -0.1) is 0 Å². The van der Waals surface area contributed by atoms with Crippen molar-refractivity contribution in [3.63, 3.8) is 0 Å². The van der Waals surface area contributed by atoms with Crippen LogP contribution in [0, 0.1) is 5.92 Å². The number of carboxylic acids is 1. The van der Waals surface area contributed by atoms with Crippen molar-refractivity contribution in [3.8, 4) is 5.75 Å². The van der Waals surface area contributed by atoms with E-state index in [1.54, 1.807) is 0 Å². The first-order valence-corrected chi connectivity index (χ1v) is 6.53. The molecule has 5 nitrogen and oxygen atoms in total. The third kappa shape index (κ3) is 3.38. The Balaban J connectivity index is 2.15. The van der Waals surface area contributed by atoms with E-state index < -0.39 is 5.97 Å². The van der Waals surface area contributed by atoms with Crippen molar-refractivity contribution in [1.82, 2.24) is 9.78 Å². The molecule has 20 heavy (non-hydrogen) atoms. The van der Waals surface area contributed by atoms with Gasteiger partial charge in [0.2, 0.25) is 0 Å². The maximum absolute atomic E-state index is 11.4. The Kier molecular flexibility index (Phi) is 4.40. The smallest absolute Gasteiger partial charge is 0.358 e. The van der Waals surface area contributed by atoms with Gasteiger partial charge < -0.3 is 9.84 Å². The van der Waals surface area contributed by atoms with E-state index in [0.29, 0.717) is 24.8 Å². The molecular weight excluding hydrogens is 256 g/mol. The zero-order chi connectivity index (χ0) is 14.5. The molecule has 1 N–H and O–H groups in total. The van der Waals surface area contributed by atoms with Gasteiger partial charge in [-0.1, -0.05) is 44.2 Å². The van der Waals surface area contributed by atoms with Gasteiger partial charge in [0.25, 0.3) is 0 Å². The molecule has 0 saturated carbocycles. The van der Waals surface area contributed by atoms with Crippen LogP contribution in [-0.4, -0.2) is 20.9 Å². The van der Waals surface area contributed by atoms with Crippen LogP contribution in [0.3, 0.4) is 0 Å². The van der Waals surface area contributed by atoms with E-state index in [-0.39, 0.29) is 5.69 Å². The quantitative estimate of drug-likeness (QED) is 0.879. The predicted molar refractivity (Wildman–Crippen MR) is 74.8 cm³/mol. The average molecular weight is 274 g/mol. The molecule has 1 aromatic carbocycles. The number of carbonyl (C=O) groups is 1. The van der Waals surface area contributed by atoms with Crippen LogP contribution in [0.25, 0.3) is 0 Å². The Labute approximate surface area is 117 Å². The highest BCUT2D eigenvalue weighted by molar-refractivity contribution is 5.88. The molecule has 106 valence electrons. The molecule has 0 saturated heterocycles. The van der Waals surface area contributed by atoms with Crippen molar-refractivity contribution < 1.29 is 14.6 Å². The van der Waals surface area contributed by atoms with E-state index in [4.69, 9.17) is 4.74 Å². The highest BCUT2D eigenvalue weighted by Crippen LogP contribution is 2.20. The molecule has 0 fully saturated rings. The van der Waals surface area contributed by atoms with E-state index in [1.165, 1.54) is 10.9 Å². The summed E-state index contributed by atoms with van der Waals surface area (Å²) in [5.41, 5.74) is 1.09. The fraction of sp³-hybridized carbons (Fsp3) is 0.333. The third-order valence-electron chi connectivity index (χ3n) is 2.78. The Hall–Kier alpha value is -2.30. The zero-order valence-electron chi connectivity index (χ0n) is 11.6. The molecule has 2 rings (SSSR count). The molecule has 0 radical (unpaired) electrons. The van der Waals surface area contributed by atoms with Gasteiger partial charge in [0.1, 0.15) is 6.61 Å². The number of ether oxygens (including phenoxy) is 1. The van der Waals surface area contributed by atoms with Gasteiger partial charge in [-0.3, -0.25) is 4.68 Å². The minimum absolute atomic E-state index is 0.106.